The van der Waals surface area contributed by atoms with Gasteiger partial charge in [0.05, 0.1) is 5.52 Å². The zero-order chi connectivity index (χ0) is 13.5. The molecule has 4 rings (SSSR count). The molecule has 0 unspecified atom stereocenters. The molecule has 0 aliphatic heterocycles. The van der Waals surface area contributed by atoms with Crippen LogP contribution in [0.15, 0.2) is 48.9 Å². The van der Waals surface area contributed by atoms with Gasteiger partial charge in [0.15, 0.2) is 0 Å². The molecule has 0 atom stereocenters. The van der Waals surface area contributed by atoms with Crippen molar-refractivity contribution in [1.29, 1.82) is 0 Å². The first-order chi connectivity index (χ1) is 9.79. The van der Waals surface area contributed by atoms with E-state index in [0.717, 1.165) is 33.1 Å². The second-order valence-electron chi connectivity index (χ2n) is 4.64. The fraction of sp³-hybridized carbons (Fsp3) is 0. The molecule has 1 aromatic carbocycles. The third-order valence-corrected chi connectivity index (χ3v) is 3.33. The van der Waals surface area contributed by atoms with Gasteiger partial charge in [-0.05, 0) is 29.8 Å². The van der Waals surface area contributed by atoms with Crippen molar-refractivity contribution in [1.82, 2.24) is 19.9 Å². The number of rotatable bonds is 1. The Balaban J connectivity index is 1.90. The first-order valence-corrected chi connectivity index (χ1v) is 6.25. The number of aromatic amines is 1. The van der Waals surface area contributed by atoms with Gasteiger partial charge in [0.2, 0.25) is 5.95 Å². The zero-order valence-electron chi connectivity index (χ0n) is 10.5. The maximum atomic E-state index is 5.59. The smallest absolute Gasteiger partial charge is 0.220 e. The van der Waals surface area contributed by atoms with E-state index < -0.39 is 0 Å². The molecule has 3 aromatic heterocycles. The fourth-order valence-electron chi connectivity index (χ4n) is 2.32. The lowest BCUT2D eigenvalue weighted by Crippen LogP contribution is -1.94. The number of nitrogen functional groups attached to an aromatic ring is 1. The van der Waals surface area contributed by atoms with Crippen molar-refractivity contribution in [2.75, 3.05) is 5.73 Å². The van der Waals surface area contributed by atoms with Crippen LogP contribution in [0.2, 0.25) is 0 Å². The van der Waals surface area contributed by atoms with Crippen LogP contribution in [0.3, 0.4) is 0 Å². The summed E-state index contributed by atoms with van der Waals surface area (Å²) in [6.07, 6.45) is 5.49. The molecular weight excluding hydrogens is 250 g/mol. The third-order valence-electron chi connectivity index (χ3n) is 3.33. The van der Waals surface area contributed by atoms with E-state index >= 15 is 0 Å². The predicted molar refractivity (Wildman–Crippen MR) is 79.0 cm³/mol. The van der Waals surface area contributed by atoms with Gasteiger partial charge < -0.3 is 10.7 Å². The second kappa shape index (κ2) is 4.03. The lowest BCUT2D eigenvalue weighted by atomic mass is 10.0. The van der Waals surface area contributed by atoms with Gasteiger partial charge in [0.25, 0.3) is 0 Å². The molecule has 0 aliphatic rings. The number of hydrogen-bond donors (Lipinski definition) is 2. The fourth-order valence-corrected chi connectivity index (χ4v) is 2.32. The van der Waals surface area contributed by atoms with Crippen molar-refractivity contribution in [3.05, 3.63) is 48.9 Å². The number of aromatic nitrogens is 4. The van der Waals surface area contributed by atoms with Crippen LogP contribution in [0.25, 0.3) is 33.1 Å². The monoisotopic (exact) mass is 261 g/mol. The van der Waals surface area contributed by atoms with Crippen LogP contribution >= 0.6 is 0 Å². The average molecular weight is 261 g/mol. The lowest BCUT2D eigenvalue weighted by Gasteiger charge is -2.04. The van der Waals surface area contributed by atoms with Crippen molar-refractivity contribution >= 4 is 27.9 Å². The van der Waals surface area contributed by atoms with Gasteiger partial charge in [0.1, 0.15) is 5.65 Å². The largest absolute Gasteiger partial charge is 0.368 e. The molecule has 0 saturated heterocycles. The van der Waals surface area contributed by atoms with Crippen LogP contribution in [-0.2, 0) is 0 Å². The van der Waals surface area contributed by atoms with E-state index in [4.69, 9.17) is 5.73 Å². The standard InChI is InChI=1S/C15H11N5/c16-15-19-8-12-5-9(1-2-13(12)20-15)11-6-10-3-4-17-14(10)18-7-11/h1-8H,(H,17,18)(H2,16,19,20). The summed E-state index contributed by atoms with van der Waals surface area (Å²) in [7, 11) is 0. The van der Waals surface area contributed by atoms with E-state index in [1.54, 1.807) is 6.20 Å². The molecule has 0 spiro atoms. The Hall–Kier alpha value is -2.95. The number of benzene rings is 1. The molecule has 0 bridgehead atoms. The highest BCUT2D eigenvalue weighted by molar-refractivity contribution is 5.87. The molecule has 0 saturated carbocycles. The minimum absolute atomic E-state index is 0.292. The van der Waals surface area contributed by atoms with Crippen LogP contribution in [0.5, 0.6) is 0 Å². The molecule has 5 nitrogen and oxygen atoms in total. The Kier molecular flexibility index (Phi) is 2.20. The van der Waals surface area contributed by atoms with Gasteiger partial charge in [-0.2, -0.15) is 0 Å². The average Bonchev–Trinajstić information content (AvgIpc) is 2.94. The van der Waals surface area contributed by atoms with E-state index in [2.05, 4.69) is 26.0 Å². The summed E-state index contributed by atoms with van der Waals surface area (Å²) in [4.78, 5) is 15.7. The number of H-pyrrole nitrogens is 1. The Bertz CT molecular complexity index is 926. The van der Waals surface area contributed by atoms with Gasteiger partial charge in [-0.25, -0.2) is 15.0 Å². The van der Waals surface area contributed by atoms with Crippen LogP contribution in [-0.4, -0.2) is 19.9 Å². The van der Waals surface area contributed by atoms with Gasteiger partial charge >= 0.3 is 0 Å². The van der Waals surface area contributed by atoms with Gasteiger partial charge in [-0.3, -0.25) is 0 Å². The summed E-state index contributed by atoms with van der Waals surface area (Å²) >= 11 is 0. The minimum atomic E-state index is 0.292. The summed E-state index contributed by atoms with van der Waals surface area (Å²) in [5, 5.41) is 2.06. The molecule has 0 amide bonds. The molecule has 96 valence electrons. The maximum Gasteiger partial charge on any atom is 0.220 e. The van der Waals surface area contributed by atoms with Crippen LogP contribution in [0.4, 0.5) is 5.95 Å². The second-order valence-corrected chi connectivity index (χ2v) is 4.64. The van der Waals surface area contributed by atoms with Crippen molar-refractivity contribution in [2.24, 2.45) is 0 Å². The SMILES string of the molecule is Nc1ncc2cc(-c3cnc4[nH]ccc4c3)ccc2n1. The first-order valence-electron chi connectivity index (χ1n) is 6.25. The van der Waals surface area contributed by atoms with Gasteiger partial charge in [0, 0.05) is 34.9 Å². The van der Waals surface area contributed by atoms with E-state index in [9.17, 15) is 0 Å². The lowest BCUT2D eigenvalue weighted by molar-refractivity contribution is 1.24. The first kappa shape index (κ1) is 10.9. The Morgan fingerprint density at radius 2 is 1.80 bits per heavy atom. The quantitative estimate of drug-likeness (QED) is 0.552. The molecule has 3 N–H and O–H groups in total. The highest BCUT2D eigenvalue weighted by Crippen LogP contribution is 2.25. The molecule has 20 heavy (non-hydrogen) atoms. The van der Waals surface area contributed by atoms with E-state index in [0.29, 0.717) is 5.95 Å². The summed E-state index contributed by atoms with van der Waals surface area (Å²) < 4.78 is 0. The Morgan fingerprint density at radius 3 is 2.75 bits per heavy atom. The maximum absolute atomic E-state index is 5.59. The number of hydrogen-bond acceptors (Lipinski definition) is 4. The van der Waals surface area contributed by atoms with Crippen LogP contribution in [0.1, 0.15) is 0 Å². The molecule has 0 radical (unpaired) electrons. The minimum Gasteiger partial charge on any atom is -0.368 e. The normalized spacial score (nSPS) is 11.2. The Labute approximate surface area is 114 Å². The number of fused-ring (bicyclic) bond motifs is 2. The topological polar surface area (TPSA) is 80.5 Å². The van der Waals surface area contributed by atoms with Gasteiger partial charge in [-0.1, -0.05) is 6.07 Å². The zero-order valence-corrected chi connectivity index (χ0v) is 10.5. The number of nitrogens with one attached hydrogen (secondary N) is 1. The van der Waals surface area contributed by atoms with Crippen LogP contribution < -0.4 is 5.73 Å². The number of pyridine rings is 1. The molecule has 0 aliphatic carbocycles. The Morgan fingerprint density at radius 1 is 0.900 bits per heavy atom. The highest BCUT2D eigenvalue weighted by atomic mass is 15.0. The van der Waals surface area contributed by atoms with E-state index in [1.165, 1.54) is 0 Å². The number of nitrogens with two attached hydrogens (primary N) is 1. The summed E-state index contributed by atoms with van der Waals surface area (Å²) in [6.45, 7) is 0. The van der Waals surface area contributed by atoms with Crippen molar-refractivity contribution in [3.63, 3.8) is 0 Å². The van der Waals surface area contributed by atoms with Crippen molar-refractivity contribution in [2.45, 2.75) is 0 Å². The molecule has 4 aromatic rings. The summed E-state index contributed by atoms with van der Waals surface area (Å²) in [5.74, 6) is 0.292. The predicted octanol–water partition coefficient (Wildman–Crippen LogP) is 2.76. The number of nitrogens with zero attached hydrogens (tertiary/aromatic N) is 3. The molecule has 3 heterocycles. The van der Waals surface area contributed by atoms with Crippen molar-refractivity contribution in [3.8, 4) is 11.1 Å². The molecule has 0 fully saturated rings. The van der Waals surface area contributed by atoms with Crippen LogP contribution in [0, 0.1) is 0 Å². The molecular formula is C15H11N5. The van der Waals surface area contributed by atoms with E-state index in [1.807, 2.05) is 36.7 Å². The molecule has 5 heteroatoms. The third kappa shape index (κ3) is 1.68. The highest BCUT2D eigenvalue weighted by Gasteiger charge is 2.04. The summed E-state index contributed by atoms with van der Waals surface area (Å²) in [5.41, 5.74) is 9.48. The number of anilines is 1. The summed E-state index contributed by atoms with van der Waals surface area (Å²) in [6, 6.07) is 10.1. The van der Waals surface area contributed by atoms with Crippen molar-refractivity contribution < 1.29 is 0 Å². The van der Waals surface area contributed by atoms with Gasteiger partial charge in [-0.15, -0.1) is 0 Å². The van der Waals surface area contributed by atoms with E-state index in [-0.39, 0.29) is 0 Å².